The molecule has 1 aromatic heterocycles. The minimum atomic E-state index is -0.155. The molecular formula is C21H21N3O2. The number of urea groups is 1. The number of amides is 2. The summed E-state index contributed by atoms with van der Waals surface area (Å²) < 4.78 is 5.72. The van der Waals surface area contributed by atoms with Crippen molar-refractivity contribution >= 4 is 11.7 Å². The molecule has 0 radical (unpaired) electrons. The van der Waals surface area contributed by atoms with Gasteiger partial charge in [0.2, 0.25) is 0 Å². The fourth-order valence-electron chi connectivity index (χ4n) is 2.43. The minimum Gasteiger partial charge on any atom is -0.489 e. The van der Waals surface area contributed by atoms with Gasteiger partial charge in [-0.05, 0) is 35.9 Å². The number of nitrogens with zero attached hydrogens (tertiary/aromatic N) is 2. The highest BCUT2D eigenvalue weighted by molar-refractivity contribution is 5.89. The summed E-state index contributed by atoms with van der Waals surface area (Å²) in [5.74, 6) is 0.740. The van der Waals surface area contributed by atoms with Gasteiger partial charge in [-0.2, -0.15) is 0 Å². The lowest BCUT2D eigenvalue weighted by Crippen LogP contribution is -2.30. The van der Waals surface area contributed by atoms with Crippen molar-refractivity contribution < 1.29 is 9.53 Å². The van der Waals surface area contributed by atoms with Crippen LogP contribution in [0.1, 0.15) is 11.1 Å². The monoisotopic (exact) mass is 347 g/mol. The number of aromatic nitrogens is 1. The van der Waals surface area contributed by atoms with Crippen LogP contribution in [0.4, 0.5) is 10.5 Å². The number of anilines is 1. The molecule has 0 saturated carbocycles. The topological polar surface area (TPSA) is 54.5 Å². The fourth-order valence-corrected chi connectivity index (χ4v) is 2.43. The Kier molecular flexibility index (Phi) is 5.83. The van der Waals surface area contributed by atoms with Crippen LogP contribution in [0.15, 0.2) is 79.1 Å². The number of carbonyl (C=O) groups is 1. The molecule has 0 unspecified atom stereocenters. The summed E-state index contributed by atoms with van der Waals surface area (Å²) in [5.41, 5.74) is 2.82. The summed E-state index contributed by atoms with van der Waals surface area (Å²) in [4.78, 5) is 18.0. The third-order valence-corrected chi connectivity index (χ3v) is 3.84. The molecule has 2 aromatic carbocycles. The van der Waals surface area contributed by atoms with Crippen molar-refractivity contribution in [3.63, 3.8) is 0 Å². The van der Waals surface area contributed by atoms with Crippen molar-refractivity contribution in [1.82, 2.24) is 9.88 Å². The number of hydrogen-bond acceptors (Lipinski definition) is 3. The van der Waals surface area contributed by atoms with Gasteiger partial charge < -0.3 is 15.0 Å². The van der Waals surface area contributed by atoms with Crippen molar-refractivity contribution in [3.8, 4) is 5.75 Å². The van der Waals surface area contributed by atoms with E-state index in [1.165, 1.54) is 0 Å². The van der Waals surface area contributed by atoms with E-state index in [1.807, 2.05) is 66.7 Å². The van der Waals surface area contributed by atoms with Crippen LogP contribution in [0.3, 0.4) is 0 Å². The number of benzene rings is 2. The van der Waals surface area contributed by atoms with Gasteiger partial charge in [-0.3, -0.25) is 4.98 Å². The largest absolute Gasteiger partial charge is 0.489 e. The molecule has 0 aliphatic rings. The smallest absolute Gasteiger partial charge is 0.321 e. The van der Waals surface area contributed by atoms with E-state index >= 15 is 0 Å². The van der Waals surface area contributed by atoms with Crippen molar-refractivity contribution in [1.29, 1.82) is 0 Å². The third-order valence-electron chi connectivity index (χ3n) is 3.84. The van der Waals surface area contributed by atoms with Crippen LogP contribution in [-0.2, 0) is 13.2 Å². The van der Waals surface area contributed by atoms with E-state index < -0.39 is 0 Å². The van der Waals surface area contributed by atoms with Crippen LogP contribution < -0.4 is 10.1 Å². The molecule has 0 atom stereocenters. The van der Waals surface area contributed by atoms with Crippen molar-refractivity contribution in [2.24, 2.45) is 0 Å². The summed E-state index contributed by atoms with van der Waals surface area (Å²) in [6.45, 7) is 1.01. The summed E-state index contributed by atoms with van der Waals surface area (Å²) in [6, 6.07) is 20.9. The van der Waals surface area contributed by atoms with E-state index in [1.54, 1.807) is 24.3 Å². The van der Waals surface area contributed by atoms with Crippen molar-refractivity contribution in [3.05, 3.63) is 90.3 Å². The Morgan fingerprint density at radius 2 is 1.73 bits per heavy atom. The average Bonchev–Trinajstić information content (AvgIpc) is 2.69. The van der Waals surface area contributed by atoms with Crippen LogP contribution in [-0.4, -0.2) is 23.0 Å². The highest BCUT2D eigenvalue weighted by Gasteiger charge is 2.09. The molecule has 3 aromatic rings. The maximum atomic E-state index is 12.3. The maximum absolute atomic E-state index is 12.3. The maximum Gasteiger partial charge on any atom is 0.321 e. The number of pyridine rings is 1. The summed E-state index contributed by atoms with van der Waals surface area (Å²) >= 11 is 0. The first-order valence-electron chi connectivity index (χ1n) is 8.38. The second kappa shape index (κ2) is 8.67. The van der Waals surface area contributed by atoms with Crippen LogP contribution in [0.25, 0.3) is 0 Å². The second-order valence-electron chi connectivity index (χ2n) is 5.95. The van der Waals surface area contributed by atoms with Gasteiger partial charge in [0.1, 0.15) is 12.4 Å². The summed E-state index contributed by atoms with van der Waals surface area (Å²) in [5, 5.41) is 2.88. The Morgan fingerprint density at radius 3 is 2.42 bits per heavy atom. The molecule has 132 valence electrons. The number of rotatable bonds is 6. The summed E-state index contributed by atoms with van der Waals surface area (Å²) in [7, 11) is 1.77. The molecule has 0 aliphatic heterocycles. The molecule has 1 N–H and O–H groups in total. The van der Waals surface area contributed by atoms with Gasteiger partial charge in [-0.1, -0.05) is 36.4 Å². The lowest BCUT2D eigenvalue weighted by molar-refractivity contribution is 0.220. The molecule has 3 rings (SSSR count). The van der Waals surface area contributed by atoms with Gasteiger partial charge in [-0.15, -0.1) is 0 Å². The highest BCUT2D eigenvalue weighted by Crippen LogP contribution is 2.17. The van der Waals surface area contributed by atoms with Gasteiger partial charge in [0.15, 0.2) is 0 Å². The van der Waals surface area contributed by atoms with Gasteiger partial charge in [0.05, 0.1) is 0 Å². The number of carbonyl (C=O) groups excluding carboxylic acids is 1. The second-order valence-corrected chi connectivity index (χ2v) is 5.95. The normalized spacial score (nSPS) is 10.2. The first-order valence-corrected chi connectivity index (χ1v) is 8.38. The molecule has 26 heavy (non-hydrogen) atoms. The van der Waals surface area contributed by atoms with Crippen LogP contribution in [0, 0.1) is 0 Å². The van der Waals surface area contributed by atoms with Crippen LogP contribution in [0.2, 0.25) is 0 Å². The van der Waals surface area contributed by atoms with E-state index in [4.69, 9.17) is 4.74 Å². The van der Waals surface area contributed by atoms with E-state index in [9.17, 15) is 4.79 Å². The number of nitrogens with one attached hydrogen (secondary N) is 1. The Balaban J connectivity index is 1.51. The minimum absolute atomic E-state index is 0.155. The molecular weight excluding hydrogens is 326 g/mol. The molecule has 5 heteroatoms. The van der Waals surface area contributed by atoms with Crippen LogP contribution in [0.5, 0.6) is 5.75 Å². The van der Waals surface area contributed by atoms with Gasteiger partial charge >= 0.3 is 6.03 Å². The predicted molar refractivity (Wildman–Crippen MR) is 102 cm³/mol. The predicted octanol–water partition coefficient (Wildman–Crippen LogP) is 4.32. The third kappa shape index (κ3) is 5.08. The molecule has 0 fully saturated rings. The zero-order chi connectivity index (χ0) is 18.2. The zero-order valence-electron chi connectivity index (χ0n) is 14.6. The molecule has 0 bridgehead atoms. The molecule has 2 amide bonds. The highest BCUT2D eigenvalue weighted by atomic mass is 16.5. The fraction of sp³-hybridized carbons (Fsp3) is 0.143. The Bertz CT molecular complexity index is 821. The molecule has 5 nitrogen and oxygen atoms in total. The molecule has 0 spiro atoms. The molecule has 0 saturated heterocycles. The van der Waals surface area contributed by atoms with Crippen LogP contribution >= 0.6 is 0 Å². The Morgan fingerprint density at radius 1 is 1.00 bits per heavy atom. The quantitative estimate of drug-likeness (QED) is 0.722. The van der Waals surface area contributed by atoms with Crippen molar-refractivity contribution in [2.75, 3.05) is 12.4 Å². The van der Waals surface area contributed by atoms with Crippen molar-refractivity contribution in [2.45, 2.75) is 13.2 Å². The van der Waals surface area contributed by atoms with E-state index in [2.05, 4.69) is 10.3 Å². The SMILES string of the molecule is CN(Cc1ccccc1)C(=O)Nc1ccc(OCc2cccnc2)cc1. The first kappa shape index (κ1) is 17.5. The molecule has 0 aliphatic carbocycles. The first-order chi connectivity index (χ1) is 12.7. The van der Waals surface area contributed by atoms with E-state index in [0.717, 1.165) is 22.6 Å². The van der Waals surface area contributed by atoms with Gasteiger partial charge in [0.25, 0.3) is 0 Å². The lowest BCUT2D eigenvalue weighted by Gasteiger charge is -2.18. The summed E-state index contributed by atoms with van der Waals surface area (Å²) in [6.07, 6.45) is 3.51. The van der Waals surface area contributed by atoms with E-state index in [0.29, 0.717) is 13.2 Å². The standard InChI is InChI=1S/C21H21N3O2/c1-24(15-17-6-3-2-4-7-17)21(25)23-19-9-11-20(12-10-19)26-16-18-8-5-13-22-14-18/h2-14H,15-16H2,1H3,(H,23,25). The van der Waals surface area contributed by atoms with E-state index in [-0.39, 0.29) is 6.03 Å². The van der Waals surface area contributed by atoms with Gasteiger partial charge in [0, 0.05) is 37.2 Å². The Labute approximate surface area is 153 Å². The lowest BCUT2D eigenvalue weighted by atomic mass is 10.2. The zero-order valence-corrected chi connectivity index (χ0v) is 14.6. The molecule has 1 heterocycles. The Hall–Kier alpha value is -3.34. The number of hydrogen-bond donors (Lipinski definition) is 1. The van der Waals surface area contributed by atoms with Gasteiger partial charge in [-0.25, -0.2) is 4.79 Å². The number of ether oxygens (including phenoxy) is 1. The average molecular weight is 347 g/mol.